The Kier molecular flexibility index (Phi) is 6.83. The molecule has 2 N–H and O–H groups in total. The monoisotopic (exact) mass is 454 g/mol. The molecule has 0 fully saturated rings. The molecule has 3 unspecified atom stereocenters. The molecular formula is C24H26N2O7. The number of non-ortho nitro benzene ring substituents is 1. The summed E-state index contributed by atoms with van der Waals surface area (Å²) in [6.45, 7) is 4.96. The maximum Gasteiger partial charge on any atom is 0.336 e. The standard InChI is InChI=1S/C24H26N2O7/c1-14(2)33-22(27)19-15(3)25-24(29,17-10-6-5-7-11-17)21(23(28)32-4)20(19)16-9-8-12-18(13-16)26(30)31/h5-14,20-21,25,29H,1-4H3. The molecule has 1 aliphatic rings. The van der Waals surface area contributed by atoms with Crippen molar-refractivity contribution in [3.63, 3.8) is 0 Å². The number of hydrogen-bond donors (Lipinski definition) is 2. The van der Waals surface area contributed by atoms with Crippen molar-refractivity contribution in [3.05, 3.63) is 87.1 Å². The number of ether oxygens (including phenoxy) is 2. The van der Waals surface area contributed by atoms with E-state index in [9.17, 15) is 24.8 Å². The Labute approximate surface area is 191 Å². The second-order valence-electron chi connectivity index (χ2n) is 8.08. The van der Waals surface area contributed by atoms with E-state index in [4.69, 9.17) is 9.47 Å². The highest BCUT2D eigenvalue weighted by Crippen LogP contribution is 2.48. The van der Waals surface area contributed by atoms with Gasteiger partial charge in [0.2, 0.25) is 0 Å². The van der Waals surface area contributed by atoms with Gasteiger partial charge in [0, 0.05) is 29.3 Å². The number of methoxy groups -OCH3 is 1. The molecule has 0 aliphatic carbocycles. The molecule has 33 heavy (non-hydrogen) atoms. The summed E-state index contributed by atoms with van der Waals surface area (Å²) in [4.78, 5) is 37.1. The average molecular weight is 454 g/mol. The molecule has 0 spiro atoms. The van der Waals surface area contributed by atoms with Gasteiger partial charge < -0.3 is 19.9 Å². The van der Waals surface area contributed by atoms with Gasteiger partial charge in [0.25, 0.3) is 5.69 Å². The minimum Gasteiger partial charge on any atom is -0.469 e. The van der Waals surface area contributed by atoms with Gasteiger partial charge in [0.1, 0.15) is 5.92 Å². The molecular weight excluding hydrogens is 428 g/mol. The lowest BCUT2D eigenvalue weighted by Crippen LogP contribution is -2.57. The zero-order valence-electron chi connectivity index (χ0n) is 18.8. The first-order chi connectivity index (χ1) is 15.6. The summed E-state index contributed by atoms with van der Waals surface area (Å²) in [6.07, 6.45) is -0.449. The number of hydrogen-bond acceptors (Lipinski definition) is 8. The third kappa shape index (κ3) is 4.58. The van der Waals surface area contributed by atoms with Crippen LogP contribution in [0.1, 0.15) is 37.8 Å². The van der Waals surface area contributed by atoms with E-state index in [1.807, 2.05) is 0 Å². The van der Waals surface area contributed by atoms with Crippen molar-refractivity contribution in [3.8, 4) is 0 Å². The lowest BCUT2D eigenvalue weighted by molar-refractivity contribution is -0.384. The number of nitrogens with zero attached hydrogens (tertiary/aromatic N) is 1. The Balaban J connectivity index is 2.32. The molecule has 2 aromatic carbocycles. The first-order valence-electron chi connectivity index (χ1n) is 10.4. The maximum atomic E-state index is 13.1. The number of carbonyl (C=O) groups is 2. The minimum absolute atomic E-state index is 0.0835. The Bertz CT molecular complexity index is 1100. The van der Waals surface area contributed by atoms with Crippen LogP contribution in [0, 0.1) is 16.0 Å². The summed E-state index contributed by atoms with van der Waals surface area (Å²) in [6, 6.07) is 14.1. The molecule has 0 radical (unpaired) electrons. The number of nitro groups is 1. The smallest absolute Gasteiger partial charge is 0.336 e. The van der Waals surface area contributed by atoms with Crippen molar-refractivity contribution in [1.29, 1.82) is 0 Å². The number of nitro benzene ring substituents is 1. The van der Waals surface area contributed by atoms with Gasteiger partial charge in [-0.25, -0.2) is 4.79 Å². The first-order valence-corrected chi connectivity index (χ1v) is 10.4. The van der Waals surface area contributed by atoms with Crippen LogP contribution in [0.5, 0.6) is 0 Å². The van der Waals surface area contributed by atoms with Crippen molar-refractivity contribution in [2.24, 2.45) is 5.92 Å². The summed E-state index contributed by atoms with van der Waals surface area (Å²) < 4.78 is 10.5. The highest BCUT2D eigenvalue weighted by molar-refractivity contribution is 5.94. The van der Waals surface area contributed by atoms with Crippen molar-refractivity contribution in [2.45, 2.75) is 38.5 Å². The number of nitrogens with one attached hydrogen (secondary N) is 1. The highest BCUT2D eigenvalue weighted by Gasteiger charge is 2.55. The summed E-state index contributed by atoms with van der Waals surface area (Å²) in [5, 5.41) is 26.2. The SMILES string of the molecule is COC(=O)C1C(c2cccc([N+](=O)[O-])c2)C(C(=O)OC(C)C)=C(C)NC1(O)c1ccccc1. The second-order valence-corrected chi connectivity index (χ2v) is 8.08. The fraction of sp³-hybridized carbons (Fsp3) is 0.333. The van der Waals surface area contributed by atoms with Gasteiger partial charge in [-0.05, 0) is 26.3 Å². The Morgan fingerprint density at radius 2 is 1.82 bits per heavy atom. The van der Waals surface area contributed by atoms with Gasteiger partial charge in [-0.3, -0.25) is 14.9 Å². The van der Waals surface area contributed by atoms with Crippen molar-refractivity contribution in [2.75, 3.05) is 7.11 Å². The summed E-state index contributed by atoms with van der Waals surface area (Å²) in [5.74, 6) is -3.94. The zero-order chi connectivity index (χ0) is 24.3. The van der Waals surface area contributed by atoms with Gasteiger partial charge in [-0.2, -0.15) is 0 Å². The molecule has 0 saturated heterocycles. The van der Waals surface area contributed by atoms with Gasteiger partial charge in [-0.15, -0.1) is 0 Å². The summed E-state index contributed by atoms with van der Waals surface area (Å²) in [5.41, 5.74) is -1.15. The van der Waals surface area contributed by atoms with Crippen molar-refractivity contribution >= 4 is 17.6 Å². The number of carbonyl (C=O) groups excluding carboxylic acids is 2. The van der Waals surface area contributed by atoms with Crippen LogP contribution in [0.15, 0.2) is 65.9 Å². The van der Waals surface area contributed by atoms with Crippen LogP contribution in [0.4, 0.5) is 5.69 Å². The Morgan fingerprint density at radius 3 is 2.39 bits per heavy atom. The van der Waals surface area contributed by atoms with Crippen LogP contribution in [-0.2, 0) is 24.8 Å². The van der Waals surface area contributed by atoms with Gasteiger partial charge in [0.05, 0.1) is 23.7 Å². The zero-order valence-corrected chi connectivity index (χ0v) is 18.8. The molecule has 0 aromatic heterocycles. The van der Waals surface area contributed by atoms with Crippen molar-refractivity contribution < 1.29 is 29.1 Å². The van der Waals surface area contributed by atoms with Crippen LogP contribution in [-0.4, -0.2) is 35.2 Å². The minimum atomic E-state index is -1.96. The predicted octanol–water partition coefficient (Wildman–Crippen LogP) is 3.14. The molecule has 0 saturated carbocycles. The lowest BCUT2D eigenvalue weighted by Gasteiger charge is -2.45. The molecule has 9 nitrogen and oxygen atoms in total. The molecule has 9 heteroatoms. The summed E-state index contributed by atoms with van der Waals surface area (Å²) in [7, 11) is 1.18. The topological polar surface area (TPSA) is 128 Å². The van der Waals surface area contributed by atoms with Crippen LogP contribution >= 0.6 is 0 Å². The molecule has 0 bridgehead atoms. The Hall–Kier alpha value is -3.72. The largest absolute Gasteiger partial charge is 0.469 e. The summed E-state index contributed by atoms with van der Waals surface area (Å²) >= 11 is 0. The fourth-order valence-electron chi connectivity index (χ4n) is 4.20. The third-order valence-electron chi connectivity index (χ3n) is 5.55. The normalized spacial score (nSPS) is 22.5. The van der Waals surface area contributed by atoms with Gasteiger partial charge in [-0.1, -0.05) is 42.5 Å². The molecule has 3 atom stereocenters. The van der Waals surface area contributed by atoms with Crippen LogP contribution in [0.2, 0.25) is 0 Å². The lowest BCUT2D eigenvalue weighted by atomic mass is 9.69. The molecule has 1 aliphatic heterocycles. The number of rotatable bonds is 6. The molecule has 174 valence electrons. The van der Waals surface area contributed by atoms with E-state index in [1.54, 1.807) is 57.2 Å². The predicted molar refractivity (Wildman–Crippen MR) is 119 cm³/mol. The number of esters is 2. The highest BCUT2D eigenvalue weighted by atomic mass is 16.6. The van der Waals surface area contributed by atoms with E-state index >= 15 is 0 Å². The van der Waals surface area contributed by atoms with E-state index in [1.165, 1.54) is 25.3 Å². The van der Waals surface area contributed by atoms with Gasteiger partial charge >= 0.3 is 11.9 Å². The van der Waals surface area contributed by atoms with E-state index in [0.29, 0.717) is 11.1 Å². The first kappa shape index (κ1) is 23.9. The second kappa shape index (κ2) is 9.41. The van der Waals surface area contributed by atoms with E-state index in [-0.39, 0.29) is 17.0 Å². The van der Waals surface area contributed by atoms with Crippen LogP contribution in [0.3, 0.4) is 0 Å². The molecule has 0 amide bonds. The fourth-order valence-corrected chi connectivity index (χ4v) is 4.20. The van der Waals surface area contributed by atoms with E-state index in [2.05, 4.69) is 5.32 Å². The Morgan fingerprint density at radius 1 is 1.15 bits per heavy atom. The number of allylic oxidation sites excluding steroid dienone is 1. The van der Waals surface area contributed by atoms with Crippen molar-refractivity contribution in [1.82, 2.24) is 5.32 Å². The molecule has 3 rings (SSSR count). The number of aliphatic hydroxyl groups is 1. The van der Waals surface area contributed by atoms with E-state index in [0.717, 1.165) is 0 Å². The maximum absolute atomic E-state index is 13.1. The third-order valence-corrected chi connectivity index (χ3v) is 5.55. The van der Waals surface area contributed by atoms with Gasteiger partial charge in [0.15, 0.2) is 5.72 Å². The van der Waals surface area contributed by atoms with Crippen LogP contribution in [0.25, 0.3) is 0 Å². The quantitative estimate of drug-likeness (QED) is 0.387. The van der Waals surface area contributed by atoms with Crippen LogP contribution < -0.4 is 5.32 Å². The average Bonchev–Trinajstić information content (AvgIpc) is 2.78. The van der Waals surface area contributed by atoms with E-state index < -0.39 is 40.5 Å². The molecule has 1 heterocycles. The molecule has 2 aromatic rings. The number of benzene rings is 2.